The van der Waals surface area contributed by atoms with Gasteiger partial charge in [0.2, 0.25) is 0 Å². The van der Waals surface area contributed by atoms with E-state index >= 15 is 0 Å². The predicted octanol–water partition coefficient (Wildman–Crippen LogP) is 3.69. The van der Waals surface area contributed by atoms with Crippen LogP contribution < -0.4 is 0 Å². The summed E-state index contributed by atoms with van der Waals surface area (Å²) < 4.78 is 1.18. The molecular formula is C15H15NOS. The van der Waals surface area contributed by atoms with E-state index in [1.807, 2.05) is 23.1 Å². The van der Waals surface area contributed by atoms with Gasteiger partial charge in [0.05, 0.1) is 10.9 Å². The van der Waals surface area contributed by atoms with E-state index in [-0.39, 0.29) is 11.9 Å². The maximum Gasteiger partial charge on any atom is 0.264 e. The summed E-state index contributed by atoms with van der Waals surface area (Å²) in [6.07, 6.45) is 5.19. The third-order valence-electron chi connectivity index (χ3n) is 3.38. The van der Waals surface area contributed by atoms with Crippen LogP contribution in [-0.2, 0) is 0 Å². The van der Waals surface area contributed by atoms with Crippen LogP contribution in [0.2, 0.25) is 0 Å². The largest absolute Gasteiger partial charge is 0.328 e. The molecule has 1 amide bonds. The van der Waals surface area contributed by atoms with Crippen molar-refractivity contribution >= 4 is 27.3 Å². The van der Waals surface area contributed by atoms with Crippen molar-refractivity contribution < 1.29 is 4.79 Å². The molecule has 2 nitrogen and oxygen atoms in total. The number of carbonyl (C=O) groups excluding carboxylic acids is 1. The minimum Gasteiger partial charge on any atom is -0.328 e. The van der Waals surface area contributed by atoms with Gasteiger partial charge < -0.3 is 4.90 Å². The quantitative estimate of drug-likeness (QED) is 0.751. The summed E-state index contributed by atoms with van der Waals surface area (Å²) in [7, 11) is 0. The highest BCUT2D eigenvalue weighted by Crippen LogP contribution is 2.27. The molecule has 1 aliphatic heterocycles. The Labute approximate surface area is 111 Å². The lowest BCUT2D eigenvalue weighted by molar-refractivity contribution is 0.0752. The van der Waals surface area contributed by atoms with Crippen molar-refractivity contribution in [2.75, 3.05) is 6.54 Å². The summed E-state index contributed by atoms with van der Waals surface area (Å²) in [4.78, 5) is 15.3. The molecular weight excluding hydrogens is 242 g/mol. The number of benzene rings is 1. The van der Waals surface area contributed by atoms with Crippen LogP contribution in [0.15, 0.2) is 42.5 Å². The lowest BCUT2D eigenvalue weighted by atomic mass is 10.2. The van der Waals surface area contributed by atoms with Crippen molar-refractivity contribution in [3.63, 3.8) is 0 Å². The van der Waals surface area contributed by atoms with Gasteiger partial charge in [0.25, 0.3) is 5.91 Å². The van der Waals surface area contributed by atoms with Crippen LogP contribution >= 0.6 is 11.3 Å². The molecule has 0 N–H and O–H groups in total. The van der Waals surface area contributed by atoms with Gasteiger partial charge in [-0.2, -0.15) is 0 Å². The van der Waals surface area contributed by atoms with E-state index in [4.69, 9.17) is 0 Å². The van der Waals surface area contributed by atoms with E-state index in [0.29, 0.717) is 0 Å². The first-order valence-corrected chi connectivity index (χ1v) is 7.07. The number of fused-ring (bicyclic) bond motifs is 1. The highest BCUT2D eigenvalue weighted by atomic mass is 32.1. The number of hydrogen-bond donors (Lipinski definition) is 0. The summed E-state index contributed by atoms with van der Waals surface area (Å²) in [5.41, 5.74) is 0. The van der Waals surface area contributed by atoms with Gasteiger partial charge in [-0.15, -0.1) is 11.3 Å². The van der Waals surface area contributed by atoms with Crippen LogP contribution in [0, 0.1) is 0 Å². The van der Waals surface area contributed by atoms with Crippen LogP contribution in [0.4, 0.5) is 0 Å². The van der Waals surface area contributed by atoms with Gasteiger partial charge >= 0.3 is 0 Å². The summed E-state index contributed by atoms with van der Waals surface area (Å²) in [6.45, 7) is 2.86. The summed E-state index contributed by atoms with van der Waals surface area (Å²) in [5, 5.41) is 1.16. The minimum atomic E-state index is 0.160. The molecule has 3 heteroatoms. The van der Waals surface area contributed by atoms with Crippen LogP contribution in [0.5, 0.6) is 0 Å². The van der Waals surface area contributed by atoms with E-state index in [1.54, 1.807) is 11.3 Å². The smallest absolute Gasteiger partial charge is 0.264 e. The van der Waals surface area contributed by atoms with Crippen molar-refractivity contribution in [2.45, 2.75) is 19.4 Å². The first-order chi connectivity index (χ1) is 8.79. The van der Waals surface area contributed by atoms with Crippen molar-refractivity contribution in [2.24, 2.45) is 0 Å². The number of amides is 1. The van der Waals surface area contributed by atoms with E-state index in [0.717, 1.165) is 23.2 Å². The molecule has 1 unspecified atom stereocenters. The molecule has 1 atom stereocenters. The second-order valence-electron chi connectivity index (χ2n) is 4.51. The van der Waals surface area contributed by atoms with Gasteiger partial charge in [0.1, 0.15) is 0 Å². The summed E-state index contributed by atoms with van der Waals surface area (Å²) >= 11 is 1.59. The van der Waals surface area contributed by atoms with E-state index in [2.05, 4.69) is 31.2 Å². The Morgan fingerprint density at radius 1 is 1.44 bits per heavy atom. The monoisotopic (exact) mass is 257 g/mol. The van der Waals surface area contributed by atoms with Gasteiger partial charge in [0, 0.05) is 11.2 Å². The zero-order chi connectivity index (χ0) is 12.5. The number of carbonyl (C=O) groups is 1. The Bertz CT molecular complexity index is 581. The molecule has 1 aromatic heterocycles. The van der Waals surface area contributed by atoms with Crippen LogP contribution in [0.3, 0.4) is 0 Å². The third-order valence-corrected chi connectivity index (χ3v) is 4.48. The first-order valence-electron chi connectivity index (χ1n) is 6.26. The summed E-state index contributed by atoms with van der Waals surface area (Å²) in [6, 6.07) is 10.4. The molecule has 92 valence electrons. The molecule has 0 saturated carbocycles. The molecule has 1 aliphatic rings. The molecule has 1 aromatic carbocycles. The fraction of sp³-hybridized carbons (Fsp3) is 0.267. The molecule has 0 bridgehead atoms. The fourth-order valence-corrected chi connectivity index (χ4v) is 3.41. The Morgan fingerprint density at radius 2 is 2.28 bits per heavy atom. The van der Waals surface area contributed by atoms with Crippen LogP contribution in [0.25, 0.3) is 10.1 Å². The molecule has 0 fully saturated rings. The second-order valence-corrected chi connectivity index (χ2v) is 5.59. The van der Waals surface area contributed by atoms with E-state index < -0.39 is 0 Å². The third kappa shape index (κ3) is 1.85. The highest BCUT2D eigenvalue weighted by Gasteiger charge is 2.25. The predicted molar refractivity (Wildman–Crippen MR) is 76.1 cm³/mol. The van der Waals surface area contributed by atoms with Gasteiger partial charge in [-0.05, 0) is 23.9 Å². The molecule has 0 aliphatic carbocycles. The highest BCUT2D eigenvalue weighted by molar-refractivity contribution is 7.20. The Morgan fingerprint density at radius 3 is 3.06 bits per heavy atom. The lowest BCUT2D eigenvalue weighted by Crippen LogP contribution is -2.35. The molecule has 0 radical (unpaired) electrons. The van der Waals surface area contributed by atoms with Crippen molar-refractivity contribution in [3.8, 4) is 0 Å². The Balaban J connectivity index is 1.92. The molecule has 3 rings (SSSR count). The molecule has 18 heavy (non-hydrogen) atoms. The van der Waals surface area contributed by atoms with E-state index in [1.165, 1.54) is 4.70 Å². The van der Waals surface area contributed by atoms with Gasteiger partial charge in [-0.1, -0.05) is 37.3 Å². The van der Waals surface area contributed by atoms with Crippen molar-refractivity contribution in [1.29, 1.82) is 0 Å². The molecule has 0 spiro atoms. The zero-order valence-corrected chi connectivity index (χ0v) is 11.1. The molecule has 2 heterocycles. The number of nitrogens with zero attached hydrogens (tertiary/aromatic N) is 1. The van der Waals surface area contributed by atoms with Gasteiger partial charge in [-0.3, -0.25) is 4.79 Å². The van der Waals surface area contributed by atoms with E-state index in [9.17, 15) is 4.79 Å². The molecule has 0 saturated heterocycles. The lowest BCUT2D eigenvalue weighted by Gasteiger charge is -2.22. The van der Waals surface area contributed by atoms with Gasteiger partial charge in [-0.25, -0.2) is 0 Å². The van der Waals surface area contributed by atoms with Crippen LogP contribution in [0.1, 0.15) is 23.0 Å². The standard InChI is InChI=1S/C15H15NOS/c1-2-12-7-5-9-16(12)15(17)14-10-11-6-3-4-8-13(11)18-14/h3-8,10,12H,2,9H2,1H3. The fourth-order valence-electron chi connectivity index (χ4n) is 2.39. The second kappa shape index (κ2) is 4.58. The minimum absolute atomic E-state index is 0.160. The van der Waals surface area contributed by atoms with Crippen molar-refractivity contribution in [3.05, 3.63) is 47.4 Å². The molecule has 2 aromatic rings. The van der Waals surface area contributed by atoms with Gasteiger partial charge in [0.15, 0.2) is 0 Å². The average Bonchev–Trinajstić information content (AvgIpc) is 3.03. The summed E-state index contributed by atoms with van der Waals surface area (Å²) in [5.74, 6) is 0.160. The average molecular weight is 257 g/mol. The first kappa shape index (κ1) is 11.5. The maximum atomic E-state index is 12.5. The normalized spacial score (nSPS) is 18.7. The topological polar surface area (TPSA) is 20.3 Å². The Hall–Kier alpha value is -1.61. The number of hydrogen-bond acceptors (Lipinski definition) is 2. The number of rotatable bonds is 2. The Kier molecular flexibility index (Phi) is 2.92. The maximum absolute atomic E-state index is 12.5. The zero-order valence-electron chi connectivity index (χ0n) is 10.3. The number of thiophene rings is 1. The van der Waals surface area contributed by atoms with Crippen molar-refractivity contribution in [1.82, 2.24) is 4.90 Å². The SMILES string of the molecule is CCC1C=CCN1C(=O)c1cc2ccccc2s1. The van der Waals surface area contributed by atoms with Crippen LogP contribution in [-0.4, -0.2) is 23.4 Å².